The van der Waals surface area contributed by atoms with Crippen molar-refractivity contribution in [3.8, 4) is 10.4 Å². The van der Waals surface area contributed by atoms with Gasteiger partial charge in [0, 0.05) is 36.2 Å². The average molecular weight is 443 g/mol. The fourth-order valence-electron chi connectivity index (χ4n) is 2.99. The van der Waals surface area contributed by atoms with E-state index in [1.54, 1.807) is 11.4 Å². The van der Waals surface area contributed by atoms with Crippen molar-refractivity contribution in [1.29, 1.82) is 0 Å². The van der Waals surface area contributed by atoms with Crippen LogP contribution < -0.4 is 0 Å². The first-order chi connectivity index (χ1) is 12.4. The zero-order valence-electron chi connectivity index (χ0n) is 14.1. The molecule has 0 spiro atoms. The molecule has 8 heteroatoms. The maximum absolute atomic E-state index is 15.0. The van der Waals surface area contributed by atoms with Gasteiger partial charge in [-0.2, -0.15) is 0 Å². The van der Waals surface area contributed by atoms with E-state index in [9.17, 15) is 18.4 Å². The van der Waals surface area contributed by atoms with Crippen molar-refractivity contribution in [2.75, 3.05) is 32.7 Å². The number of benzene rings is 1. The molecule has 138 valence electrons. The van der Waals surface area contributed by atoms with E-state index < -0.39 is 23.1 Å². The maximum Gasteiger partial charge on any atom is 0.259 e. The van der Waals surface area contributed by atoms with Gasteiger partial charge in [0.05, 0.1) is 11.4 Å². The van der Waals surface area contributed by atoms with E-state index in [4.69, 9.17) is 0 Å². The summed E-state index contributed by atoms with van der Waals surface area (Å²) in [6, 6.07) is 4.26. The van der Waals surface area contributed by atoms with Gasteiger partial charge in [-0.05, 0) is 46.4 Å². The molecule has 1 saturated heterocycles. The molecule has 0 radical (unpaired) electrons. The van der Waals surface area contributed by atoms with E-state index in [1.807, 2.05) is 4.90 Å². The minimum atomic E-state index is -0.866. The summed E-state index contributed by atoms with van der Waals surface area (Å²) in [5.41, 5.74) is -0.324. The highest BCUT2D eigenvalue weighted by Crippen LogP contribution is 2.36. The number of hydrogen-bond donors (Lipinski definition) is 0. The molecule has 1 amide bonds. The second-order valence-corrected chi connectivity index (χ2v) is 7.92. The first kappa shape index (κ1) is 19.1. The first-order valence-corrected chi connectivity index (χ1v) is 9.78. The van der Waals surface area contributed by atoms with Gasteiger partial charge in [0.15, 0.2) is 0 Å². The molecule has 1 aliphatic rings. The monoisotopic (exact) mass is 442 g/mol. The highest BCUT2D eigenvalue weighted by Gasteiger charge is 2.29. The molecule has 3 rings (SSSR count). The predicted octanol–water partition coefficient (Wildman–Crippen LogP) is 3.80. The number of piperazine rings is 1. The molecule has 0 unspecified atom stereocenters. The number of thiophene rings is 1. The fraction of sp³-hybridized carbons (Fsp3) is 0.333. The lowest BCUT2D eigenvalue weighted by molar-refractivity contribution is -0.118. The number of carbonyl (C=O) groups is 2. The van der Waals surface area contributed by atoms with Crippen LogP contribution in [0.15, 0.2) is 28.1 Å². The molecule has 0 aliphatic carbocycles. The molecule has 2 heterocycles. The number of amides is 1. The van der Waals surface area contributed by atoms with E-state index >= 15 is 0 Å². The van der Waals surface area contributed by atoms with E-state index in [-0.39, 0.29) is 11.3 Å². The third-order valence-electron chi connectivity index (χ3n) is 4.27. The summed E-state index contributed by atoms with van der Waals surface area (Å²) in [5, 5.41) is 1.79. The number of Topliss-reactive ketones (excluding diaryl/α,β-unsaturated/α-hetero) is 1. The first-order valence-electron chi connectivity index (χ1n) is 8.11. The Morgan fingerprint density at radius 1 is 1.15 bits per heavy atom. The number of ketones is 1. The van der Waals surface area contributed by atoms with Crippen molar-refractivity contribution in [3.63, 3.8) is 0 Å². The van der Waals surface area contributed by atoms with Gasteiger partial charge in [0.1, 0.15) is 23.0 Å². The second-order valence-electron chi connectivity index (χ2n) is 6.15. The molecule has 0 saturated carbocycles. The Hall–Kier alpha value is -1.64. The zero-order valence-corrected chi connectivity index (χ0v) is 16.5. The van der Waals surface area contributed by atoms with E-state index in [0.29, 0.717) is 42.1 Å². The van der Waals surface area contributed by atoms with Crippen LogP contribution in [0.4, 0.5) is 8.78 Å². The van der Waals surface area contributed by atoms with Gasteiger partial charge in [-0.3, -0.25) is 14.5 Å². The van der Waals surface area contributed by atoms with Crippen LogP contribution in [0, 0.1) is 11.6 Å². The Kier molecular flexibility index (Phi) is 5.84. The van der Waals surface area contributed by atoms with Gasteiger partial charge in [-0.1, -0.05) is 0 Å². The van der Waals surface area contributed by atoms with Crippen LogP contribution in [0.3, 0.4) is 0 Å². The van der Waals surface area contributed by atoms with Gasteiger partial charge < -0.3 is 4.90 Å². The summed E-state index contributed by atoms with van der Waals surface area (Å²) in [6.07, 6.45) is 0. The van der Waals surface area contributed by atoms with Gasteiger partial charge in [-0.25, -0.2) is 8.78 Å². The average Bonchev–Trinajstić information content (AvgIpc) is 3.01. The van der Waals surface area contributed by atoms with Crippen LogP contribution in [0.1, 0.15) is 17.3 Å². The number of halogens is 3. The topological polar surface area (TPSA) is 40.6 Å². The second kappa shape index (κ2) is 7.94. The molecule has 2 aromatic rings. The van der Waals surface area contributed by atoms with Crippen LogP contribution in [0.5, 0.6) is 0 Å². The summed E-state index contributed by atoms with van der Waals surface area (Å²) in [7, 11) is 0. The molecule has 26 heavy (non-hydrogen) atoms. The number of nitrogens with zero attached hydrogens (tertiary/aromatic N) is 2. The minimum absolute atomic E-state index is 0.0519. The van der Waals surface area contributed by atoms with Crippen molar-refractivity contribution >= 4 is 39.0 Å². The Bertz CT molecular complexity index is 848. The Morgan fingerprint density at radius 3 is 2.42 bits per heavy atom. The van der Waals surface area contributed by atoms with E-state index in [0.717, 1.165) is 6.07 Å². The number of hydrogen-bond acceptors (Lipinski definition) is 4. The zero-order chi connectivity index (χ0) is 18.8. The molecule has 1 aromatic carbocycles. The van der Waals surface area contributed by atoms with Gasteiger partial charge >= 0.3 is 0 Å². The van der Waals surface area contributed by atoms with Crippen molar-refractivity contribution in [2.45, 2.75) is 6.92 Å². The number of rotatable bonds is 4. The van der Waals surface area contributed by atoms with Gasteiger partial charge in [0.25, 0.3) is 5.91 Å². The summed E-state index contributed by atoms with van der Waals surface area (Å²) >= 11 is 4.65. The SMILES string of the molecule is CC(=O)CN1CCN(C(=O)c2c(F)ccc(-c3sccc3Br)c2F)CC1. The molecule has 1 aromatic heterocycles. The summed E-state index contributed by atoms with van der Waals surface area (Å²) in [5.74, 6) is -2.31. The summed E-state index contributed by atoms with van der Waals surface area (Å²) in [4.78, 5) is 27.9. The highest BCUT2D eigenvalue weighted by molar-refractivity contribution is 9.10. The molecule has 1 fully saturated rings. The lowest BCUT2D eigenvalue weighted by atomic mass is 10.1. The maximum atomic E-state index is 15.0. The predicted molar refractivity (Wildman–Crippen MR) is 100 cm³/mol. The smallest absolute Gasteiger partial charge is 0.259 e. The van der Waals surface area contributed by atoms with Crippen LogP contribution >= 0.6 is 27.3 Å². The van der Waals surface area contributed by atoms with Gasteiger partial charge in [-0.15, -0.1) is 11.3 Å². The lowest BCUT2D eigenvalue weighted by Crippen LogP contribution is -2.50. The highest BCUT2D eigenvalue weighted by atomic mass is 79.9. The standard InChI is InChI=1S/C18H17BrF2N2O2S/c1-11(24)10-22-5-7-23(8-6-22)18(25)15-14(20)3-2-12(16(15)21)17-13(19)4-9-26-17/h2-4,9H,5-8,10H2,1H3. The molecule has 0 bridgehead atoms. The minimum Gasteiger partial charge on any atom is -0.336 e. The Balaban J connectivity index is 1.84. The molecule has 0 atom stereocenters. The van der Waals surface area contributed by atoms with Crippen LogP contribution in [-0.4, -0.2) is 54.2 Å². The summed E-state index contributed by atoms with van der Waals surface area (Å²) in [6.45, 7) is 3.51. The summed E-state index contributed by atoms with van der Waals surface area (Å²) < 4.78 is 29.9. The van der Waals surface area contributed by atoms with Crippen molar-refractivity contribution in [3.05, 3.63) is 45.2 Å². The molecule has 1 aliphatic heterocycles. The van der Waals surface area contributed by atoms with Gasteiger partial charge in [0.2, 0.25) is 0 Å². The third kappa shape index (κ3) is 3.87. The van der Waals surface area contributed by atoms with E-state index in [2.05, 4.69) is 15.9 Å². The number of carbonyl (C=O) groups excluding carboxylic acids is 2. The van der Waals surface area contributed by atoms with Crippen LogP contribution in [0.2, 0.25) is 0 Å². The molecular formula is C18H17BrF2N2O2S. The van der Waals surface area contributed by atoms with Crippen LogP contribution in [-0.2, 0) is 4.79 Å². The molecule has 0 N–H and O–H groups in total. The van der Waals surface area contributed by atoms with Crippen molar-refractivity contribution < 1.29 is 18.4 Å². The third-order valence-corrected chi connectivity index (χ3v) is 6.14. The van der Waals surface area contributed by atoms with E-state index in [1.165, 1.54) is 29.2 Å². The Morgan fingerprint density at radius 2 is 1.85 bits per heavy atom. The molecular weight excluding hydrogens is 426 g/mol. The normalized spacial score (nSPS) is 15.3. The largest absolute Gasteiger partial charge is 0.336 e. The van der Waals surface area contributed by atoms with Crippen LogP contribution in [0.25, 0.3) is 10.4 Å². The quantitative estimate of drug-likeness (QED) is 0.722. The molecule has 4 nitrogen and oxygen atoms in total. The Labute approximate surface area is 162 Å². The lowest BCUT2D eigenvalue weighted by Gasteiger charge is -2.34. The van der Waals surface area contributed by atoms with Crippen molar-refractivity contribution in [2.24, 2.45) is 0 Å². The van der Waals surface area contributed by atoms with Crippen molar-refractivity contribution in [1.82, 2.24) is 9.80 Å². The fourth-order valence-corrected chi connectivity index (χ4v) is 4.60.